The zero-order chi connectivity index (χ0) is 17.5. The maximum Gasteiger partial charge on any atom is 0.222 e. The molecule has 0 spiro atoms. The summed E-state index contributed by atoms with van der Waals surface area (Å²) in [5.74, 6) is 1.10. The summed E-state index contributed by atoms with van der Waals surface area (Å²) in [5, 5.41) is 6.80. The first-order chi connectivity index (χ1) is 10.8. The average Bonchev–Trinajstić information content (AvgIpc) is 2.91. The Kier molecular flexibility index (Phi) is 10.9. The Hall–Kier alpha value is -0.570. The topological polar surface area (TPSA) is 60.0 Å². The molecule has 2 N–H and O–H groups in total. The lowest BCUT2D eigenvalue weighted by atomic mass is 9.93. The van der Waals surface area contributed by atoms with E-state index in [1.807, 2.05) is 11.8 Å². The number of nitrogens with one attached hydrogen (secondary N) is 2. The number of hydrogen-bond donors (Lipinski definition) is 2. The second kappa shape index (κ2) is 11.1. The molecule has 1 rings (SSSR count). The molecule has 1 aliphatic rings. The molecular weight excluding hydrogens is 417 g/mol. The molecule has 1 atom stereocenters. The predicted octanol–water partition coefficient (Wildman–Crippen LogP) is 1.76. The molecule has 0 aromatic heterocycles. The zero-order valence-electron chi connectivity index (χ0n) is 16.2. The molecular formula is C17H36IN5O. The van der Waals surface area contributed by atoms with Gasteiger partial charge in [-0.25, -0.2) is 0 Å². The van der Waals surface area contributed by atoms with E-state index in [2.05, 4.69) is 50.4 Å². The number of amides is 1. The molecule has 24 heavy (non-hydrogen) atoms. The minimum Gasteiger partial charge on any atom is -0.357 e. The number of carbonyl (C=O) groups is 1. The molecule has 1 aliphatic heterocycles. The van der Waals surface area contributed by atoms with E-state index in [4.69, 9.17) is 4.99 Å². The predicted molar refractivity (Wildman–Crippen MR) is 112 cm³/mol. The smallest absolute Gasteiger partial charge is 0.222 e. The summed E-state index contributed by atoms with van der Waals surface area (Å²) in [7, 11) is 4.18. The van der Waals surface area contributed by atoms with Gasteiger partial charge >= 0.3 is 0 Å². The van der Waals surface area contributed by atoms with Crippen LogP contribution in [0.15, 0.2) is 4.99 Å². The average molecular weight is 453 g/mol. The van der Waals surface area contributed by atoms with Crippen LogP contribution in [-0.4, -0.2) is 74.5 Å². The lowest BCUT2D eigenvalue weighted by Gasteiger charge is -2.27. The van der Waals surface area contributed by atoms with Crippen molar-refractivity contribution in [3.8, 4) is 0 Å². The van der Waals surface area contributed by atoms with Crippen molar-refractivity contribution in [1.82, 2.24) is 20.4 Å². The molecule has 1 amide bonds. The SMILES string of the molecule is CCNC(=NCC(C)(C)CN(C)C)NC1CCN(C(=O)CC)C1.I. The minimum absolute atomic E-state index is 0. The number of nitrogens with zero attached hydrogens (tertiary/aromatic N) is 3. The summed E-state index contributed by atoms with van der Waals surface area (Å²) in [6.45, 7) is 12.7. The summed E-state index contributed by atoms with van der Waals surface area (Å²) in [5.41, 5.74) is 0.131. The standard InChI is InChI=1S/C17H35N5O.HI/c1-7-15(23)22-10-9-14(11-22)20-16(18-8-2)19-12-17(3,4)13-21(5)6;/h14H,7-13H2,1-6H3,(H2,18,19,20);1H. The van der Waals surface area contributed by atoms with Gasteiger partial charge in [0, 0.05) is 45.2 Å². The van der Waals surface area contributed by atoms with Crippen LogP contribution in [0.3, 0.4) is 0 Å². The van der Waals surface area contributed by atoms with Crippen molar-refractivity contribution in [3.63, 3.8) is 0 Å². The van der Waals surface area contributed by atoms with E-state index in [9.17, 15) is 4.79 Å². The van der Waals surface area contributed by atoms with Gasteiger partial charge in [-0.3, -0.25) is 9.79 Å². The molecule has 0 aliphatic carbocycles. The van der Waals surface area contributed by atoms with E-state index in [1.165, 1.54) is 0 Å². The third-order valence-corrected chi connectivity index (χ3v) is 3.94. The molecule has 1 heterocycles. The van der Waals surface area contributed by atoms with Gasteiger partial charge in [-0.15, -0.1) is 24.0 Å². The van der Waals surface area contributed by atoms with Crippen molar-refractivity contribution < 1.29 is 4.79 Å². The van der Waals surface area contributed by atoms with E-state index in [-0.39, 0.29) is 35.3 Å². The highest BCUT2D eigenvalue weighted by atomic mass is 127. The van der Waals surface area contributed by atoms with Gasteiger partial charge in [0.25, 0.3) is 0 Å². The van der Waals surface area contributed by atoms with Crippen molar-refractivity contribution >= 4 is 35.8 Å². The maximum atomic E-state index is 11.8. The number of likely N-dealkylation sites (tertiary alicyclic amines) is 1. The Bertz CT molecular complexity index is 412. The van der Waals surface area contributed by atoms with Crippen molar-refractivity contribution in [2.75, 3.05) is 46.8 Å². The first kappa shape index (κ1) is 23.4. The van der Waals surface area contributed by atoms with E-state index >= 15 is 0 Å². The highest BCUT2D eigenvalue weighted by Crippen LogP contribution is 2.16. The fourth-order valence-electron chi connectivity index (χ4n) is 3.04. The van der Waals surface area contributed by atoms with Crippen molar-refractivity contribution in [2.24, 2.45) is 10.4 Å². The molecule has 0 saturated carbocycles. The third-order valence-electron chi connectivity index (χ3n) is 3.94. The number of halogens is 1. The fraction of sp³-hybridized carbons (Fsp3) is 0.882. The number of carbonyl (C=O) groups excluding carboxylic acids is 1. The summed E-state index contributed by atoms with van der Waals surface area (Å²) in [6, 6.07) is 0.292. The number of guanidine groups is 1. The van der Waals surface area contributed by atoms with E-state index in [0.29, 0.717) is 12.5 Å². The van der Waals surface area contributed by atoms with Crippen LogP contribution in [0.1, 0.15) is 40.5 Å². The fourth-order valence-corrected chi connectivity index (χ4v) is 3.04. The lowest BCUT2D eigenvalue weighted by Crippen LogP contribution is -2.45. The van der Waals surface area contributed by atoms with Crippen molar-refractivity contribution in [3.05, 3.63) is 0 Å². The molecule has 142 valence electrons. The first-order valence-corrected chi connectivity index (χ1v) is 8.74. The summed E-state index contributed by atoms with van der Waals surface area (Å²) >= 11 is 0. The van der Waals surface area contributed by atoms with Gasteiger partial charge in [0.05, 0.1) is 0 Å². The Labute approximate surface area is 164 Å². The second-order valence-electron chi connectivity index (χ2n) is 7.42. The van der Waals surface area contributed by atoms with Gasteiger partial charge < -0.3 is 20.4 Å². The Balaban J connectivity index is 0.00000529. The minimum atomic E-state index is 0. The Morgan fingerprint density at radius 1 is 1.33 bits per heavy atom. The van der Waals surface area contributed by atoms with Gasteiger partial charge in [-0.05, 0) is 32.9 Å². The van der Waals surface area contributed by atoms with E-state index in [1.54, 1.807) is 0 Å². The van der Waals surface area contributed by atoms with Crippen molar-refractivity contribution in [1.29, 1.82) is 0 Å². The monoisotopic (exact) mass is 453 g/mol. The van der Waals surface area contributed by atoms with Crippen LogP contribution in [0.4, 0.5) is 0 Å². The molecule has 6 nitrogen and oxygen atoms in total. The zero-order valence-corrected chi connectivity index (χ0v) is 18.5. The van der Waals surface area contributed by atoms with E-state index < -0.39 is 0 Å². The van der Waals surface area contributed by atoms with Crippen molar-refractivity contribution in [2.45, 2.75) is 46.6 Å². The molecule has 1 saturated heterocycles. The number of rotatable bonds is 7. The molecule has 0 bridgehead atoms. The van der Waals surface area contributed by atoms with Gasteiger partial charge in [0.1, 0.15) is 0 Å². The molecule has 0 radical (unpaired) electrons. The normalized spacial score (nSPS) is 18.5. The Morgan fingerprint density at radius 3 is 2.54 bits per heavy atom. The summed E-state index contributed by atoms with van der Waals surface area (Å²) in [4.78, 5) is 20.7. The van der Waals surface area contributed by atoms with Gasteiger partial charge in [0.2, 0.25) is 5.91 Å². The molecule has 1 unspecified atom stereocenters. The molecule has 0 aromatic carbocycles. The van der Waals surface area contributed by atoms with Crippen LogP contribution in [0.25, 0.3) is 0 Å². The highest BCUT2D eigenvalue weighted by Gasteiger charge is 2.26. The summed E-state index contributed by atoms with van der Waals surface area (Å²) < 4.78 is 0. The van der Waals surface area contributed by atoms with Gasteiger partial charge in [-0.2, -0.15) is 0 Å². The highest BCUT2D eigenvalue weighted by molar-refractivity contribution is 14.0. The molecule has 0 aromatic rings. The number of aliphatic imine (C=N–C) groups is 1. The van der Waals surface area contributed by atoms with Crippen LogP contribution in [-0.2, 0) is 4.79 Å². The van der Waals surface area contributed by atoms with Crippen LogP contribution < -0.4 is 10.6 Å². The second-order valence-corrected chi connectivity index (χ2v) is 7.42. The van der Waals surface area contributed by atoms with Crippen LogP contribution in [0.2, 0.25) is 0 Å². The summed E-state index contributed by atoms with van der Waals surface area (Å²) in [6.07, 6.45) is 1.57. The largest absolute Gasteiger partial charge is 0.357 e. The molecule has 1 fully saturated rings. The maximum absolute atomic E-state index is 11.8. The lowest BCUT2D eigenvalue weighted by molar-refractivity contribution is -0.129. The first-order valence-electron chi connectivity index (χ1n) is 8.74. The quantitative estimate of drug-likeness (QED) is 0.351. The van der Waals surface area contributed by atoms with Gasteiger partial charge in [-0.1, -0.05) is 20.8 Å². The van der Waals surface area contributed by atoms with Crippen LogP contribution >= 0.6 is 24.0 Å². The van der Waals surface area contributed by atoms with E-state index in [0.717, 1.165) is 45.1 Å². The number of hydrogen-bond acceptors (Lipinski definition) is 3. The molecule has 7 heteroatoms. The Morgan fingerprint density at radius 2 is 2.00 bits per heavy atom. The van der Waals surface area contributed by atoms with Crippen LogP contribution in [0, 0.1) is 5.41 Å². The van der Waals surface area contributed by atoms with Crippen LogP contribution in [0.5, 0.6) is 0 Å². The van der Waals surface area contributed by atoms with Gasteiger partial charge in [0.15, 0.2) is 5.96 Å². The third kappa shape index (κ3) is 8.50.